The van der Waals surface area contributed by atoms with E-state index < -0.39 is 68.8 Å². The van der Waals surface area contributed by atoms with Crippen LogP contribution in [-0.4, -0.2) is 62.0 Å². The Bertz CT molecular complexity index is 1710. The first-order chi connectivity index (χ1) is 22.6. The lowest BCUT2D eigenvalue weighted by atomic mass is 10.0. The molecule has 1 aromatic carbocycles. The minimum absolute atomic E-state index is 0.0644. The topological polar surface area (TPSA) is 113 Å². The molecule has 0 fully saturated rings. The number of rotatable bonds is 16. The Morgan fingerprint density at radius 1 is 0.896 bits per heavy atom. The van der Waals surface area contributed by atoms with Crippen molar-refractivity contribution in [3.05, 3.63) is 71.9 Å². The highest BCUT2D eigenvalue weighted by Gasteiger charge is 2.75. The zero-order valence-corrected chi connectivity index (χ0v) is 26.5. The van der Waals surface area contributed by atoms with Crippen LogP contribution in [0.5, 0.6) is 0 Å². The van der Waals surface area contributed by atoms with E-state index in [1.54, 1.807) is 25.2 Å². The third kappa shape index (κ3) is 8.46. The molecule has 4 rings (SSSR count). The maximum Gasteiger partial charge on any atom is 0.476 e. The predicted octanol–water partition coefficient (Wildman–Crippen LogP) is 8.09. The van der Waals surface area contributed by atoms with E-state index >= 15 is 0 Å². The fourth-order valence-electron chi connectivity index (χ4n) is 4.29. The smallest absolute Gasteiger partial charge is 0.364 e. The second kappa shape index (κ2) is 15.2. The molecule has 19 heteroatoms. The van der Waals surface area contributed by atoms with Crippen LogP contribution in [0.1, 0.15) is 50.8 Å². The Morgan fingerprint density at radius 2 is 1.54 bits per heavy atom. The van der Waals surface area contributed by atoms with Gasteiger partial charge in [0, 0.05) is 25.0 Å². The van der Waals surface area contributed by atoms with Crippen LogP contribution in [0.25, 0.3) is 17.2 Å². The summed E-state index contributed by atoms with van der Waals surface area (Å²) in [5.41, 5.74) is -4.52. The van der Waals surface area contributed by atoms with Gasteiger partial charge in [0.2, 0.25) is 0 Å². The number of halogens is 8. The van der Waals surface area contributed by atoms with Gasteiger partial charge in [-0.15, -0.1) is 0 Å². The minimum atomic E-state index is -6.27. The fraction of sp³-hybridized carbons (Fsp3) is 0.448. The summed E-state index contributed by atoms with van der Waals surface area (Å²) in [7, 11) is -5.49. The molecule has 0 aliphatic carbocycles. The van der Waals surface area contributed by atoms with Gasteiger partial charge in [-0.25, -0.2) is 33.3 Å². The van der Waals surface area contributed by atoms with Crippen LogP contribution in [0.3, 0.4) is 0 Å². The Kier molecular flexibility index (Phi) is 11.8. The summed E-state index contributed by atoms with van der Waals surface area (Å²) < 4.78 is 144. The molecule has 0 aliphatic heterocycles. The zero-order chi connectivity index (χ0) is 35.2. The van der Waals surface area contributed by atoms with E-state index in [1.807, 2.05) is 0 Å². The highest BCUT2D eigenvalue weighted by Crippen LogP contribution is 2.60. The van der Waals surface area contributed by atoms with Gasteiger partial charge in [-0.1, -0.05) is 44.9 Å². The predicted molar refractivity (Wildman–Crippen MR) is 157 cm³/mol. The Balaban J connectivity index is 1.71. The number of aromatic nitrogens is 5. The summed E-state index contributed by atoms with van der Waals surface area (Å²) in [5.74, 6) is -3.45. The number of alkyl halides is 6. The lowest BCUT2D eigenvalue weighted by molar-refractivity contribution is -0.355. The van der Waals surface area contributed by atoms with Gasteiger partial charge in [0.25, 0.3) is 5.60 Å². The first-order valence-electron chi connectivity index (χ1n) is 14.7. The summed E-state index contributed by atoms with van der Waals surface area (Å²) in [6.07, 6.45) is -6.78. The van der Waals surface area contributed by atoms with Gasteiger partial charge in [0.05, 0.1) is 31.6 Å². The molecule has 0 aliphatic rings. The van der Waals surface area contributed by atoms with Crippen LogP contribution >= 0.6 is 7.82 Å². The maximum absolute atomic E-state index is 14.8. The van der Waals surface area contributed by atoms with Crippen molar-refractivity contribution in [1.29, 1.82) is 0 Å². The SMILES string of the molecule is CCCCOP(=O)(OCCCC)OC(CNc1nc(-c2cn3ccnc3c(Cc3ccccc3F)n2)ncc1F)(C(F)(F)F)C(F)(F)F. The summed E-state index contributed by atoms with van der Waals surface area (Å²) >= 11 is 0. The van der Waals surface area contributed by atoms with Crippen LogP contribution < -0.4 is 5.32 Å². The maximum atomic E-state index is 14.8. The van der Waals surface area contributed by atoms with Gasteiger partial charge >= 0.3 is 20.2 Å². The minimum Gasteiger partial charge on any atom is -0.364 e. The lowest BCUT2D eigenvalue weighted by Crippen LogP contribution is -2.62. The molecular weight excluding hydrogens is 679 g/mol. The number of fused-ring (bicyclic) bond motifs is 1. The molecule has 0 saturated carbocycles. The second-order valence-corrected chi connectivity index (χ2v) is 12.1. The average Bonchev–Trinajstić information content (AvgIpc) is 3.49. The first-order valence-corrected chi connectivity index (χ1v) is 16.1. The highest BCUT2D eigenvalue weighted by molar-refractivity contribution is 7.48. The third-order valence-corrected chi connectivity index (χ3v) is 8.45. The summed E-state index contributed by atoms with van der Waals surface area (Å²) in [4.78, 5) is 16.2. The lowest BCUT2D eigenvalue weighted by Gasteiger charge is -2.38. The van der Waals surface area contributed by atoms with Crippen molar-refractivity contribution in [2.24, 2.45) is 0 Å². The van der Waals surface area contributed by atoms with Crippen LogP contribution in [-0.2, 0) is 24.6 Å². The van der Waals surface area contributed by atoms with E-state index in [2.05, 4.69) is 24.5 Å². The van der Waals surface area contributed by atoms with Crippen LogP contribution in [0.4, 0.5) is 40.9 Å². The number of hydrogen-bond donors (Lipinski definition) is 1. The van der Waals surface area contributed by atoms with Gasteiger partial charge in [-0.05, 0) is 24.5 Å². The highest BCUT2D eigenvalue weighted by atomic mass is 31.2. The molecule has 0 unspecified atom stereocenters. The molecule has 262 valence electrons. The molecule has 0 bridgehead atoms. The van der Waals surface area contributed by atoms with E-state index in [9.17, 15) is 39.7 Å². The van der Waals surface area contributed by atoms with E-state index in [1.165, 1.54) is 41.2 Å². The van der Waals surface area contributed by atoms with Gasteiger partial charge in [0.1, 0.15) is 11.5 Å². The number of benzene rings is 1. The van der Waals surface area contributed by atoms with E-state index in [0.29, 0.717) is 24.7 Å². The van der Waals surface area contributed by atoms with Gasteiger partial charge in [-0.2, -0.15) is 26.3 Å². The molecule has 0 amide bonds. The van der Waals surface area contributed by atoms with Crippen molar-refractivity contribution in [2.75, 3.05) is 25.1 Å². The number of nitrogens with zero attached hydrogens (tertiary/aromatic N) is 5. The van der Waals surface area contributed by atoms with Crippen molar-refractivity contribution < 1.29 is 53.3 Å². The molecule has 0 spiro atoms. The molecule has 48 heavy (non-hydrogen) atoms. The number of phosphoric acid groups is 1. The van der Waals surface area contributed by atoms with Crippen molar-refractivity contribution >= 4 is 19.3 Å². The molecule has 0 saturated heterocycles. The number of phosphoric ester groups is 1. The summed E-state index contributed by atoms with van der Waals surface area (Å²) in [5, 5.41) is 1.71. The molecule has 10 nitrogen and oxygen atoms in total. The number of nitrogens with one attached hydrogen (secondary N) is 1. The largest absolute Gasteiger partial charge is 0.476 e. The van der Waals surface area contributed by atoms with Gasteiger partial charge in [-0.3, -0.25) is 13.6 Å². The third-order valence-electron chi connectivity index (χ3n) is 6.92. The van der Waals surface area contributed by atoms with Gasteiger partial charge in [0.15, 0.2) is 23.1 Å². The standard InChI is InChI=1S/C29H31F8N6O4P/c1-3-5-13-45-48(44,46-14-6-4-2)47-27(28(32,33)34,29(35,36)37)18-40-24-21(31)16-39-25(42-24)23-17-43-12-11-38-26(43)22(41-23)15-19-9-7-8-10-20(19)30/h7-12,16-17H,3-6,13-15,18H2,1-2H3,(H,39,40,42). The number of unbranched alkanes of at least 4 members (excludes halogenated alkanes) is 2. The first kappa shape index (κ1) is 37.1. The molecular formula is C29H31F8N6O4P. The van der Waals surface area contributed by atoms with E-state index in [-0.39, 0.29) is 36.2 Å². The molecule has 4 aromatic rings. The van der Waals surface area contributed by atoms with Gasteiger partial charge < -0.3 is 9.72 Å². The normalized spacial score (nSPS) is 13.0. The summed E-state index contributed by atoms with van der Waals surface area (Å²) in [6.45, 7) is 0.0405. The van der Waals surface area contributed by atoms with Crippen molar-refractivity contribution in [1.82, 2.24) is 24.3 Å². The molecule has 0 atom stereocenters. The quantitative estimate of drug-likeness (QED) is 0.0701. The van der Waals surface area contributed by atoms with Crippen LogP contribution in [0.15, 0.2) is 49.1 Å². The second-order valence-electron chi connectivity index (χ2n) is 10.5. The molecule has 1 N–H and O–H groups in total. The van der Waals surface area contributed by atoms with Crippen molar-refractivity contribution in [2.45, 2.75) is 63.9 Å². The molecule has 3 heterocycles. The number of anilines is 1. The molecule has 0 radical (unpaired) electrons. The summed E-state index contributed by atoms with van der Waals surface area (Å²) in [6, 6.07) is 5.84. The fourth-order valence-corrected chi connectivity index (χ4v) is 5.83. The number of imidazole rings is 1. The van der Waals surface area contributed by atoms with E-state index in [4.69, 9.17) is 9.05 Å². The Labute approximate surface area is 269 Å². The van der Waals surface area contributed by atoms with Crippen LogP contribution in [0.2, 0.25) is 0 Å². The molecule has 3 aromatic heterocycles. The zero-order valence-electron chi connectivity index (χ0n) is 25.6. The Hall–Kier alpha value is -3.73. The van der Waals surface area contributed by atoms with Crippen molar-refractivity contribution in [3.63, 3.8) is 0 Å². The van der Waals surface area contributed by atoms with Crippen LogP contribution in [0, 0.1) is 11.6 Å². The Morgan fingerprint density at radius 3 is 2.15 bits per heavy atom. The van der Waals surface area contributed by atoms with E-state index in [0.717, 1.165) is 0 Å². The number of hydrogen-bond acceptors (Lipinski definition) is 9. The monoisotopic (exact) mass is 710 g/mol. The van der Waals surface area contributed by atoms with Crippen molar-refractivity contribution in [3.8, 4) is 11.5 Å². The average molecular weight is 711 g/mol.